The van der Waals surface area contributed by atoms with Crippen LogP contribution in [0.1, 0.15) is 39.5 Å². The molecule has 0 spiro atoms. The third-order valence-electron chi connectivity index (χ3n) is 5.68. The van der Waals surface area contributed by atoms with Gasteiger partial charge in [-0.25, -0.2) is 9.59 Å². The van der Waals surface area contributed by atoms with Crippen LogP contribution in [0.4, 0.5) is 10.6 Å². The summed E-state index contributed by atoms with van der Waals surface area (Å²) in [6.45, 7) is 0.669. The highest BCUT2D eigenvalue weighted by atomic mass is 16.6. The molecule has 0 fully saturated rings. The fourth-order valence-corrected chi connectivity index (χ4v) is 4.36. The number of amides is 1. The first-order chi connectivity index (χ1) is 14.1. The third-order valence-corrected chi connectivity index (χ3v) is 5.68. The second-order valence-electron chi connectivity index (χ2n) is 7.27. The number of aromatic carboxylic acids is 1. The number of fused-ring (bicyclic) bond motifs is 4. The molecule has 1 aliphatic heterocycles. The number of carbonyl (C=O) groups excluding carboxylic acids is 1. The second-order valence-corrected chi connectivity index (χ2v) is 7.27. The van der Waals surface area contributed by atoms with Gasteiger partial charge in [-0.05, 0) is 35.1 Å². The van der Waals surface area contributed by atoms with Crippen LogP contribution in [-0.4, -0.2) is 40.5 Å². The molecular formula is C22H19N3O4. The summed E-state index contributed by atoms with van der Waals surface area (Å²) in [6.07, 6.45) is 0.730. The highest BCUT2D eigenvalue weighted by Gasteiger charge is 2.33. The Morgan fingerprint density at radius 3 is 2.41 bits per heavy atom. The zero-order valence-corrected chi connectivity index (χ0v) is 15.6. The number of aromatic nitrogens is 2. The van der Waals surface area contributed by atoms with Crippen LogP contribution in [0.2, 0.25) is 0 Å². The van der Waals surface area contributed by atoms with Gasteiger partial charge >= 0.3 is 12.1 Å². The van der Waals surface area contributed by atoms with Crippen LogP contribution in [0.5, 0.6) is 0 Å². The van der Waals surface area contributed by atoms with E-state index < -0.39 is 12.1 Å². The Balaban J connectivity index is 1.38. The van der Waals surface area contributed by atoms with Gasteiger partial charge in [0.05, 0.1) is 0 Å². The molecule has 0 unspecified atom stereocenters. The van der Waals surface area contributed by atoms with Gasteiger partial charge in [0, 0.05) is 18.0 Å². The van der Waals surface area contributed by atoms with E-state index in [9.17, 15) is 14.7 Å². The topological polar surface area (TPSA) is 95.5 Å². The minimum Gasteiger partial charge on any atom is -0.477 e. The Morgan fingerprint density at radius 1 is 1.10 bits per heavy atom. The molecule has 0 bridgehead atoms. The molecule has 7 nitrogen and oxygen atoms in total. The van der Waals surface area contributed by atoms with Crippen LogP contribution < -0.4 is 4.90 Å². The first kappa shape index (κ1) is 17.5. The van der Waals surface area contributed by atoms with E-state index >= 15 is 0 Å². The van der Waals surface area contributed by atoms with Crippen molar-refractivity contribution in [1.82, 2.24) is 10.2 Å². The van der Waals surface area contributed by atoms with Crippen molar-refractivity contribution >= 4 is 17.9 Å². The van der Waals surface area contributed by atoms with Gasteiger partial charge in [0.15, 0.2) is 5.82 Å². The number of rotatable bonds is 3. The Labute approximate surface area is 166 Å². The predicted octanol–water partition coefficient (Wildman–Crippen LogP) is 3.81. The molecule has 0 atom stereocenters. The number of carboxylic acids is 1. The summed E-state index contributed by atoms with van der Waals surface area (Å²) in [4.78, 5) is 25.6. The second kappa shape index (κ2) is 6.77. The maximum atomic E-state index is 12.8. The molecule has 2 aromatic carbocycles. The Bertz CT molecular complexity index is 1080. The minimum atomic E-state index is -1.08. The van der Waals surface area contributed by atoms with Crippen molar-refractivity contribution in [1.29, 1.82) is 0 Å². The molecule has 0 radical (unpaired) electrons. The molecule has 0 saturated heterocycles. The van der Waals surface area contributed by atoms with Gasteiger partial charge in [0.25, 0.3) is 0 Å². The van der Waals surface area contributed by atoms with E-state index in [2.05, 4.69) is 34.5 Å². The lowest BCUT2D eigenvalue weighted by molar-refractivity contribution is 0.0689. The molecule has 1 aliphatic carbocycles. The number of ether oxygens (including phenoxy) is 1. The molecule has 1 amide bonds. The summed E-state index contributed by atoms with van der Waals surface area (Å²) in [5, 5.41) is 15.9. The van der Waals surface area contributed by atoms with Gasteiger partial charge in [0.1, 0.15) is 12.3 Å². The van der Waals surface area contributed by atoms with Crippen LogP contribution in [-0.2, 0) is 11.2 Å². The molecule has 2 aliphatic rings. The van der Waals surface area contributed by atoms with Crippen LogP contribution >= 0.6 is 0 Å². The predicted molar refractivity (Wildman–Crippen MR) is 106 cm³/mol. The molecule has 3 aromatic rings. The smallest absolute Gasteiger partial charge is 0.415 e. The summed E-state index contributed by atoms with van der Waals surface area (Å²) in [5.41, 5.74) is 5.22. The molecule has 0 saturated carbocycles. The number of carboxylic acid groups (broad SMARTS) is 1. The first-order valence-electron chi connectivity index (χ1n) is 9.58. The Kier molecular flexibility index (Phi) is 4.08. The number of H-pyrrole nitrogens is 1. The van der Waals surface area contributed by atoms with E-state index in [1.807, 2.05) is 24.3 Å². The highest BCUT2D eigenvalue weighted by molar-refractivity contribution is 5.93. The lowest BCUT2D eigenvalue weighted by Gasteiger charge is -2.25. The monoisotopic (exact) mass is 389 g/mol. The number of nitrogens with zero attached hydrogens (tertiary/aromatic N) is 2. The van der Waals surface area contributed by atoms with Crippen LogP contribution in [0, 0.1) is 0 Å². The number of benzene rings is 2. The quantitative estimate of drug-likeness (QED) is 0.710. The van der Waals surface area contributed by atoms with Gasteiger partial charge in [-0.3, -0.25) is 10.00 Å². The fourth-order valence-electron chi connectivity index (χ4n) is 4.36. The highest BCUT2D eigenvalue weighted by Crippen LogP contribution is 2.44. The number of carbonyl (C=O) groups is 2. The van der Waals surface area contributed by atoms with Gasteiger partial charge in [-0.2, -0.15) is 5.10 Å². The van der Waals surface area contributed by atoms with Crippen molar-refractivity contribution in [3.05, 3.63) is 70.9 Å². The van der Waals surface area contributed by atoms with Crippen molar-refractivity contribution in [2.45, 2.75) is 18.8 Å². The number of aromatic amines is 1. The molecule has 7 heteroatoms. The maximum Gasteiger partial charge on any atom is 0.415 e. The van der Waals surface area contributed by atoms with Gasteiger partial charge in [0.2, 0.25) is 0 Å². The van der Waals surface area contributed by atoms with Crippen LogP contribution in [0.15, 0.2) is 48.5 Å². The standard InChI is InChI=1S/C22H19N3O4/c26-21(27)19-17-10-5-11-25(20(17)24-23-19)22(28)29-12-18-15-8-3-1-6-13(15)14-7-2-4-9-16(14)18/h1-4,6-9,18H,5,10-12H2,(H,23,24)(H,26,27). The molecule has 2 N–H and O–H groups in total. The molecule has 29 heavy (non-hydrogen) atoms. The Hall–Kier alpha value is -3.61. The average Bonchev–Trinajstić information content (AvgIpc) is 3.32. The summed E-state index contributed by atoms with van der Waals surface area (Å²) in [7, 11) is 0. The van der Waals surface area contributed by atoms with Crippen LogP contribution in [0.25, 0.3) is 11.1 Å². The maximum absolute atomic E-state index is 12.8. The van der Waals surface area contributed by atoms with Crippen molar-refractivity contribution in [2.75, 3.05) is 18.1 Å². The van der Waals surface area contributed by atoms with Gasteiger partial charge in [-0.1, -0.05) is 48.5 Å². The zero-order valence-electron chi connectivity index (χ0n) is 15.6. The van der Waals surface area contributed by atoms with Crippen molar-refractivity contribution in [2.24, 2.45) is 0 Å². The van der Waals surface area contributed by atoms with Crippen molar-refractivity contribution in [3.63, 3.8) is 0 Å². The zero-order chi connectivity index (χ0) is 20.0. The summed E-state index contributed by atoms with van der Waals surface area (Å²) < 4.78 is 5.69. The molecule has 2 heterocycles. The van der Waals surface area contributed by atoms with Crippen LogP contribution in [0.3, 0.4) is 0 Å². The molecular weight excluding hydrogens is 370 g/mol. The molecule has 5 rings (SSSR count). The number of nitrogens with one attached hydrogen (secondary N) is 1. The van der Waals surface area contributed by atoms with Gasteiger partial charge < -0.3 is 9.84 Å². The van der Waals surface area contributed by atoms with E-state index in [-0.39, 0.29) is 18.2 Å². The Morgan fingerprint density at radius 2 is 1.76 bits per heavy atom. The van der Waals surface area contributed by atoms with E-state index in [4.69, 9.17) is 4.74 Å². The van der Waals surface area contributed by atoms with E-state index in [1.54, 1.807) is 0 Å². The number of hydrogen-bond donors (Lipinski definition) is 2. The summed E-state index contributed by atoms with van der Waals surface area (Å²) in [5.74, 6) is -0.747. The summed E-state index contributed by atoms with van der Waals surface area (Å²) >= 11 is 0. The third kappa shape index (κ3) is 2.77. The normalized spacial score (nSPS) is 14.8. The lowest BCUT2D eigenvalue weighted by Crippen LogP contribution is -2.36. The molecule has 1 aromatic heterocycles. The molecule has 146 valence electrons. The SMILES string of the molecule is O=C(O)c1[nH]nc2c1CCCN2C(=O)OCC1c2ccccc2-c2ccccc21. The fraction of sp³-hybridized carbons (Fsp3) is 0.227. The van der Waals surface area contributed by atoms with E-state index in [0.717, 1.165) is 11.1 Å². The average molecular weight is 389 g/mol. The van der Waals surface area contributed by atoms with E-state index in [0.29, 0.717) is 30.8 Å². The first-order valence-corrected chi connectivity index (χ1v) is 9.58. The summed E-state index contributed by atoms with van der Waals surface area (Å²) in [6, 6.07) is 16.3. The van der Waals surface area contributed by atoms with E-state index in [1.165, 1.54) is 16.0 Å². The largest absolute Gasteiger partial charge is 0.477 e. The number of anilines is 1. The van der Waals surface area contributed by atoms with Crippen molar-refractivity contribution in [3.8, 4) is 11.1 Å². The number of hydrogen-bond acceptors (Lipinski definition) is 4. The minimum absolute atomic E-state index is 0.0237. The van der Waals surface area contributed by atoms with Crippen molar-refractivity contribution < 1.29 is 19.4 Å². The lowest BCUT2D eigenvalue weighted by atomic mass is 9.98. The van der Waals surface area contributed by atoms with Gasteiger partial charge in [-0.15, -0.1) is 0 Å².